The van der Waals surface area contributed by atoms with Crippen LogP contribution in [0.4, 0.5) is 0 Å². The van der Waals surface area contributed by atoms with Crippen LogP contribution in [0.5, 0.6) is 0 Å². The topological polar surface area (TPSA) is 56.1 Å². The number of ether oxygens (including phenoxy) is 1. The third-order valence-corrected chi connectivity index (χ3v) is 2.51. The third-order valence-electron chi connectivity index (χ3n) is 2.51. The summed E-state index contributed by atoms with van der Waals surface area (Å²) in [6.45, 7) is 9.46. The van der Waals surface area contributed by atoms with Gasteiger partial charge < -0.3 is 10.1 Å². The van der Waals surface area contributed by atoms with Gasteiger partial charge in [-0.15, -0.1) is 0 Å². The van der Waals surface area contributed by atoms with Gasteiger partial charge in [0.1, 0.15) is 0 Å². The zero-order valence-corrected chi connectivity index (χ0v) is 11.9. The molecule has 0 bridgehead atoms. The van der Waals surface area contributed by atoms with Crippen molar-refractivity contribution in [3.8, 4) is 0 Å². The van der Waals surface area contributed by atoms with Crippen LogP contribution in [0.15, 0.2) is 6.20 Å². The maximum absolute atomic E-state index is 11.2. The molecule has 5 heteroatoms. The molecule has 0 unspecified atom stereocenters. The molecule has 1 aromatic heterocycles. The summed E-state index contributed by atoms with van der Waals surface area (Å²) in [5.74, 6) is -0.223. The largest absolute Gasteiger partial charge is 0.465 e. The van der Waals surface area contributed by atoms with Crippen LogP contribution in [0.1, 0.15) is 39.0 Å². The fourth-order valence-corrected chi connectivity index (χ4v) is 1.81. The molecule has 0 aliphatic carbocycles. The minimum Gasteiger partial charge on any atom is -0.465 e. The summed E-state index contributed by atoms with van der Waals surface area (Å²) in [5.41, 5.74) is 2.18. The second-order valence-electron chi connectivity index (χ2n) is 5.34. The van der Waals surface area contributed by atoms with Gasteiger partial charge in [0.2, 0.25) is 0 Å². The molecule has 1 aromatic rings. The van der Waals surface area contributed by atoms with Crippen molar-refractivity contribution < 1.29 is 9.53 Å². The molecule has 0 fully saturated rings. The molecule has 1 heterocycles. The molecule has 1 rings (SSSR count). The standard InChI is InChI=1S/C13H23N3O2/c1-6-18-11(17)8-14-7-10-9-16(5)15-12(10)13(2,3)4/h9,14H,6-8H2,1-5H3. The number of aromatic nitrogens is 2. The van der Waals surface area contributed by atoms with Crippen molar-refractivity contribution in [3.05, 3.63) is 17.5 Å². The molecule has 0 saturated heterocycles. The number of rotatable bonds is 5. The fraction of sp³-hybridized carbons (Fsp3) is 0.692. The van der Waals surface area contributed by atoms with Gasteiger partial charge in [0.25, 0.3) is 0 Å². The van der Waals surface area contributed by atoms with Crippen molar-refractivity contribution in [2.45, 2.75) is 39.7 Å². The summed E-state index contributed by atoms with van der Waals surface area (Å²) >= 11 is 0. The first-order valence-electron chi connectivity index (χ1n) is 6.24. The summed E-state index contributed by atoms with van der Waals surface area (Å²) in [6.07, 6.45) is 1.98. The number of nitrogens with zero attached hydrogens (tertiary/aromatic N) is 2. The van der Waals surface area contributed by atoms with Gasteiger partial charge in [0.15, 0.2) is 0 Å². The van der Waals surface area contributed by atoms with Gasteiger partial charge in [-0.25, -0.2) is 0 Å². The number of aryl methyl sites for hydroxylation is 1. The van der Waals surface area contributed by atoms with Crippen molar-refractivity contribution >= 4 is 5.97 Å². The number of nitrogens with one attached hydrogen (secondary N) is 1. The van der Waals surface area contributed by atoms with Crippen LogP contribution < -0.4 is 5.32 Å². The molecule has 5 nitrogen and oxygen atoms in total. The Kier molecular flexibility index (Phi) is 4.90. The van der Waals surface area contributed by atoms with Crippen molar-refractivity contribution in [1.29, 1.82) is 0 Å². The molecule has 0 spiro atoms. The van der Waals surface area contributed by atoms with Gasteiger partial charge in [-0.1, -0.05) is 20.8 Å². The molecule has 0 saturated carbocycles. The Morgan fingerprint density at radius 2 is 2.17 bits per heavy atom. The average molecular weight is 253 g/mol. The predicted octanol–water partition coefficient (Wildman–Crippen LogP) is 1.37. The minimum absolute atomic E-state index is 0.00218. The van der Waals surface area contributed by atoms with E-state index in [4.69, 9.17) is 4.74 Å². The SMILES string of the molecule is CCOC(=O)CNCc1cn(C)nc1C(C)(C)C. The summed E-state index contributed by atoms with van der Waals surface area (Å²) < 4.78 is 6.67. The van der Waals surface area contributed by atoms with Crippen LogP contribution in [0.2, 0.25) is 0 Å². The van der Waals surface area contributed by atoms with Crippen molar-refractivity contribution in [3.63, 3.8) is 0 Å². The van der Waals surface area contributed by atoms with Gasteiger partial charge >= 0.3 is 5.97 Å². The highest BCUT2D eigenvalue weighted by Gasteiger charge is 2.21. The van der Waals surface area contributed by atoms with Crippen molar-refractivity contribution in [2.24, 2.45) is 7.05 Å². The highest BCUT2D eigenvalue weighted by molar-refractivity contribution is 5.71. The van der Waals surface area contributed by atoms with Crippen molar-refractivity contribution in [1.82, 2.24) is 15.1 Å². The highest BCUT2D eigenvalue weighted by atomic mass is 16.5. The Balaban J connectivity index is 2.60. The third kappa shape index (κ3) is 4.14. The van der Waals surface area contributed by atoms with Gasteiger partial charge in [-0.3, -0.25) is 9.48 Å². The molecule has 102 valence electrons. The van der Waals surface area contributed by atoms with Crippen LogP contribution in [0.3, 0.4) is 0 Å². The van der Waals surface area contributed by atoms with E-state index in [-0.39, 0.29) is 17.9 Å². The summed E-state index contributed by atoms with van der Waals surface area (Å²) in [7, 11) is 1.91. The van der Waals surface area contributed by atoms with E-state index in [0.717, 1.165) is 11.3 Å². The Hall–Kier alpha value is -1.36. The second kappa shape index (κ2) is 6.00. The number of hydrogen-bond donors (Lipinski definition) is 1. The predicted molar refractivity (Wildman–Crippen MR) is 70.2 cm³/mol. The molecular weight excluding hydrogens is 230 g/mol. The van der Waals surface area contributed by atoms with E-state index in [1.807, 2.05) is 17.9 Å². The van der Waals surface area contributed by atoms with Gasteiger partial charge in [0.05, 0.1) is 18.8 Å². The Labute approximate surface area is 109 Å². The molecule has 1 N–H and O–H groups in total. The molecule has 0 radical (unpaired) electrons. The molecule has 0 atom stereocenters. The number of carbonyl (C=O) groups is 1. The lowest BCUT2D eigenvalue weighted by atomic mass is 9.89. The highest BCUT2D eigenvalue weighted by Crippen LogP contribution is 2.23. The number of hydrogen-bond acceptors (Lipinski definition) is 4. The molecule has 0 amide bonds. The van der Waals surface area contributed by atoms with Gasteiger partial charge in [-0.2, -0.15) is 5.10 Å². The van der Waals surface area contributed by atoms with Gasteiger partial charge in [0, 0.05) is 30.8 Å². The summed E-state index contributed by atoms with van der Waals surface area (Å²) in [4.78, 5) is 11.2. The zero-order chi connectivity index (χ0) is 13.8. The first-order chi connectivity index (χ1) is 8.34. The lowest BCUT2D eigenvalue weighted by molar-refractivity contribution is -0.142. The second-order valence-corrected chi connectivity index (χ2v) is 5.34. The summed E-state index contributed by atoms with van der Waals surface area (Å²) in [5, 5.41) is 7.56. The van der Waals surface area contributed by atoms with Crippen LogP contribution in [0.25, 0.3) is 0 Å². The molecule has 0 aromatic carbocycles. The van der Waals surface area contributed by atoms with E-state index in [1.165, 1.54) is 0 Å². The van der Waals surface area contributed by atoms with E-state index in [1.54, 1.807) is 6.92 Å². The van der Waals surface area contributed by atoms with E-state index < -0.39 is 0 Å². The first kappa shape index (κ1) is 14.7. The normalized spacial score (nSPS) is 11.6. The molecular formula is C13H23N3O2. The number of esters is 1. The maximum Gasteiger partial charge on any atom is 0.319 e. The molecule has 18 heavy (non-hydrogen) atoms. The van der Waals surface area contributed by atoms with E-state index in [0.29, 0.717) is 13.2 Å². The maximum atomic E-state index is 11.2. The van der Waals surface area contributed by atoms with Crippen LogP contribution in [-0.4, -0.2) is 28.9 Å². The van der Waals surface area contributed by atoms with Crippen LogP contribution >= 0.6 is 0 Å². The average Bonchev–Trinajstić information content (AvgIpc) is 2.60. The quantitative estimate of drug-likeness (QED) is 0.805. The monoisotopic (exact) mass is 253 g/mol. The minimum atomic E-state index is -0.223. The van der Waals surface area contributed by atoms with Crippen LogP contribution in [-0.2, 0) is 28.5 Å². The van der Waals surface area contributed by atoms with Gasteiger partial charge in [-0.05, 0) is 6.92 Å². The lowest BCUT2D eigenvalue weighted by Gasteiger charge is -2.17. The summed E-state index contributed by atoms with van der Waals surface area (Å²) in [6, 6.07) is 0. The Morgan fingerprint density at radius 3 is 2.72 bits per heavy atom. The van der Waals surface area contributed by atoms with Crippen LogP contribution in [0, 0.1) is 0 Å². The molecule has 0 aliphatic rings. The lowest BCUT2D eigenvalue weighted by Crippen LogP contribution is -2.25. The Bertz CT molecular complexity index is 405. The van der Waals surface area contributed by atoms with Crippen molar-refractivity contribution in [2.75, 3.05) is 13.2 Å². The van der Waals surface area contributed by atoms with E-state index >= 15 is 0 Å². The number of carbonyl (C=O) groups excluding carboxylic acids is 1. The van der Waals surface area contributed by atoms with E-state index in [2.05, 4.69) is 31.2 Å². The zero-order valence-electron chi connectivity index (χ0n) is 11.9. The first-order valence-corrected chi connectivity index (χ1v) is 6.24. The Morgan fingerprint density at radius 1 is 1.50 bits per heavy atom. The van der Waals surface area contributed by atoms with E-state index in [9.17, 15) is 4.79 Å². The molecule has 0 aliphatic heterocycles. The fourth-order valence-electron chi connectivity index (χ4n) is 1.81. The smallest absolute Gasteiger partial charge is 0.319 e.